The van der Waals surface area contributed by atoms with Crippen molar-refractivity contribution in [1.82, 2.24) is 14.7 Å². The molecule has 2 saturated heterocycles. The van der Waals surface area contributed by atoms with Gasteiger partial charge in [-0.1, -0.05) is 0 Å². The number of hydrogen-bond acceptors (Lipinski definition) is 5. The van der Waals surface area contributed by atoms with E-state index in [0.29, 0.717) is 57.9 Å². The summed E-state index contributed by atoms with van der Waals surface area (Å²) in [6.07, 6.45) is 2.45. The third kappa shape index (κ3) is 3.78. The minimum atomic E-state index is -0.337. The van der Waals surface area contributed by atoms with Crippen LogP contribution in [0, 0.1) is 5.92 Å². The quantitative estimate of drug-likeness (QED) is 0.797. The van der Waals surface area contributed by atoms with Crippen LogP contribution in [0.15, 0.2) is 22.8 Å². The molecule has 0 atom stereocenters. The first-order chi connectivity index (χ1) is 12.1. The van der Waals surface area contributed by atoms with Gasteiger partial charge in [-0.15, -0.1) is 0 Å². The molecule has 0 aliphatic carbocycles. The van der Waals surface area contributed by atoms with Crippen molar-refractivity contribution in [2.24, 2.45) is 5.92 Å². The number of furan rings is 1. The van der Waals surface area contributed by atoms with E-state index in [1.807, 2.05) is 4.90 Å². The summed E-state index contributed by atoms with van der Waals surface area (Å²) in [5.41, 5.74) is 0. The van der Waals surface area contributed by atoms with Gasteiger partial charge in [-0.25, -0.2) is 4.79 Å². The molecule has 0 aromatic carbocycles. The smallest absolute Gasteiger partial charge is 0.409 e. The first-order valence-corrected chi connectivity index (χ1v) is 8.54. The molecule has 0 bridgehead atoms. The van der Waals surface area contributed by atoms with Crippen molar-refractivity contribution in [2.45, 2.75) is 12.8 Å². The number of carbonyl (C=O) groups is 3. The Hall–Kier alpha value is -2.51. The molecule has 1 aromatic heterocycles. The van der Waals surface area contributed by atoms with Crippen molar-refractivity contribution >= 4 is 17.9 Å². The molecule has 3 amide bonds. The van der Waals surface area contributed by atoms with Gasteiger partial charge in [-0.2, -0.15) is 0 Å². The van der Waals surface area contributed by atoms with Crippen LogP contribution in [-0.4, -0.2) is 79.0 Å². The Kier molecular flexibility index (Phi) is 5.25. The number of ether oxygens (including phenoxy) is 1. The molecule has 0 unspecified atom stereocenters. The van der Waals surface area contributed by atoms with Crippen LogP contribution < -0.4 is 0 Å². The molecular formula is C17H23N3O5. The number of likely N-dealkylation sites (tertiary alicyclic amines) is 1. The Morgan fingerprint density at radius 2 is 1.64 bits per heavy atom. The monoisotopic (exact) mass is 349 g/mol. The predicted molar refractivity (Wildman–Crippen MR) is 87.9 cm³/mol. The zero-order chi connectivity index (χ0) is 17.8. The molecule has 3 heterocycles. The fourth-order valence-electron chi connectivity index (χ4n) is 3.38. The molecule has 25 heavy (non-hydrogen) atoms. The average molecular weight is 349 g/mol. The van der Waals surface area contributed by atoms with Crippen LogP contribution in [0.2, 0.25) is 0 Å². The Morgan fingerprint density at radius 1 is 1.00 bits per heavy atom. The predicted octanol–water partition coefficient (Wildman–Crippen LogP) is 1.04. The second-order valence-corrected chi connectivity index (χ2v) is 6.33. The average Bonchev–Trinajstić information content (AvgIpc) is 3.21. The van der Waals surface area contributed by atoms with Gasteiger partial charge in [-0.3, -0.25) is 9.59 Å². The highest BCUT2D eigenvalue weighted by Gasteiger charge is 2.33. The van der Waals surface area contributed by atoms with Crippen molar-refractivity contribution in [3.8, 4) is 0 Å². The van der Waals surface area contributed by atoms with Gasteiger partial charge in [0.25, 0.3) is 5.91 Å². The molecule has 0 radical (unpaired) electrons. The first kappa shape index (κ1) is 17.3. The van der Waals surface area contributed by atoms with Gasteiger partial charge in [-0.05, 0) is 25.0 Å². The third-order valence-corrected chi connectivity index (χ3v) is 4.89. The Bertz CT molecular complexity index is 614. The molecule has 0 N–H and O–H groups in total. The lowest BCUT2D eigenvalue weighted by molar-refractivity contribution is -0.138. The van der Waals surface area contributed by atoms with E-state index >= 15 is 0 Å². The van der Waals surface area contributed by atoms with Gasteiger partial charge >= 0.3 is 6.09 Å². The van der Waals surface area contributed by atoms with Gasteiger partial charge in [0.05, 0.1) is 13.4 Å². The van der Waals surface area contributed by atoms with E-state index < -0.39 is 0 Å². The Labute approximate surface area is 146 Å². The van der Waals surface area contributed by atoms with E-state index in [9.17, 15) is 14.4 Å². The minimum absolute atomic E-state index is 0.0618. The summed E-state index contributed by atoms with van der Waals surface area (Å²) in [6, 6.07) is 3.34. The summed E-state index contributed by atoms with van der Waals surface area (Å²) in [5, 5.41) is 0. The molecule has 136 valence electrons. The van der Waals surface area contributed by atoms with Gasteiger partial charge < -0.3 is 23.9 Å². The number of methoxy groups -OCH3 is 1. The summed E-state index contributed by atoms with van der Waals surface area (Å²) in [4.78, 5) is 41.6. The summed E-state index contributed by atoms with van der Waals surface area (Å²) in [5.74, 6) is 0.251. The van der Waals surface area contributed by atoms with Crippen LogP contribution in [0.25, 0.3) is 0 Å². The van der Waals surface area contributed by atoms with Crippen molar-refractivity contribution < 1.29 is 23.5 Å². The van der Waals surface area contributed by atoms with E-state index in [1.54, 1.807) is 21.9 Å². The van der Waals surface area contributed by atoms with Crippen molar-refractivity contribution in [3.63, 3.8) is 0 Å². The van der Waals surface area contributed by atoms with E-state index in [-0.39, 0.29) is 23.8 Å². The molecular weight excluding hydrogens is 326 g/mol. The van der Waals surface area contributed by atoms with Gasteiger partial charge in [0.15, 0.2) is 5.76 Å². The van der Waals surface area contributed by atoms with Crippen LogP contribution in [-0.2, 0) is 9.53 Å². The first-order valence-electron chi connectivity index (χ1n) is 8.54. The third-order valence-electron chi connectivity index (χ3n) is 4.89. The van der Waals surface area contributed by atoms with E-state index in [0.717, 1.165) is 0 Å². The van der Waals surface area contributed by atoms with Crippen molar-refractivity contribution in [3.05, 3.63) is 24.2 Å². The Balaban J connectivity index is 1.47. The second kappa shape index (κ2) is 7.58. The van der Waals surface area contributed by atoms with Crippen LogP contribution in [0.5, 0.6) is 0 Å². The molecule has 2 fully saturated rings. The largest absolute Gasteiger partial charge is 0.459 e. The lowest BCUT2D eigenvalue weighted by atomic mass is 9.95. The maximum absolute atomic E-state index is 12.7. The van der Waals surface area contributed by atoms with Crippen LogP contribution in [0.3, 0.4) is 0 Å². The van der Waals surface area contributed by atoms with Gasteiger partial charge in [0.2, 0.25) is 5.91 Å². The standard InChI is InChI=1S/C17H23N3O5/c1-24-17(23)20-6-4-13(5-7-20)15(21)18-8-10-19(11-9-18)16(22)14-3-2-12-25-14/h2-3,12-13H,4-11H2,1H3. The van der Waals surface area contributed by atoms with Crippen LogP contribution >= 0.6 is 0 Å². The molecule has 0 saturated carbocycles. The highest BCUT2D eigenvalue weighted by molar-refractivity contribution is 5.91. The molecule has 0 spiro atoms. The molecule has 1 aromatic rings. The van der Waals surface area contributed by atoms with E-state index in [4.69, 9.17) is 9.15 Å². The zero-order valence-electron chi connectivity index (χ0n) is 14.3. The maximum Gasteiger partial charge on any atom is 0.409 e. The summed E-state index contributed by atoms with van der Waals surface area (Å²) in [6.45, 7) is 3.16. The summed E-state index contributed by atoms with van der Waals surface area (Å²) >= 11 is 0. The minimum Gasteiger partial charge on any atom is -0.459 e. The number of hydrogen-bond donors (Lipinski definition) is 0. The summed E-state index contributed by atoms with van der Waals surface area (Å²) < 4.78 is 9.86. The maximum atomic E-state index is 12.7. The van der Waals surface area contributed by atoms with Crippen molar-refractivity contribution in [1.29, 1.82) is 0 Å². The zero-order valence-corrected chi connectivity index (χ0v) is 14.3. The van der Waals surface area contributed by atoms with Crippen LogP contribution in [0.4, 0.5) is 4.79 Å². The topological polar surface area (TPSA) is 83.3 Å². The molecule has 2 aliphatic heterocycles. The van der Waals surface area contributed by atoms with Gasteiger partial charge in [0, 0.05) is 45.2 Å². The number of nitrogens with zero attached hydrogens (tertiary/aromatic N) is 3. The highest BCUT2D eigenvalue weighted by Crippen LogP contribution is 2.21. The Morgan fingerprint density at radius 3 is 2.20 bits per heavy atom. The van der Waals surface area contributed by atoms with E-state index in [2.05, 4.69) is 0 Å². The number of rotatable bonds is 2. The SMILES string of the molecule is COC(=O)N1CCC(C(=O)N2CCN(C(=O)c3ccco3)CC2)CC1. The fraction of sp³-hybridized carbons (Fsp3) is 0.588. The number of piperazine rings is 1. The van der Waals surface area contributed by atoms with Gasteiger partial charge in [0.1, 0.15) is 0 Å². The molecule has 3 rings (SSSR count). The molecule has 2 aliphatic rings. The second-order valence-electron chi connectivity index (χ2n) is 6.33. The molecule has 8 heteroatoms. The van der Waals surface area contributed by atoms with Crippen molar-refractivity contribution in [2.75, 3.05) is 46.4 Å². The lowest BCUT2D eigenvalue weighted by Crippen LogP contribution is -2.53. The van der Waals surface area contributed by atoms with E-state index in [1.165, 1.54) is 13.4 Å². The summed E-state index contributed by atoms with van der Waals surface area (Å²) in [7, 11) is 1.36. The fourth-order valence-corrected chi connectivity index (χ4v) is 3.38. The lowest BCUT2D eigenvalue weighted by Gasteiger charge is -2.38. The number of amides is 3. The number of carbonyl (C=O) groups excluding carboxylic acids is 3. The van der Waals surface area contributed by atoms with Crippen LogP contribution in [0.1, 0.15) is 23.4 Å². The number of piperidine rings is 1. The highest BCUT2D eigenvalue weighted by atomic mass is 16.5. The molecule has 8 nitrogen and oxygen atoms in total. The normalized spacial score (nSPS) is 19.0.